The molecule has 5 rings (SSSR count). The maximum Gasteiger partial charge on any atom is 0.459 e. The maximum atomic E-state index is 14.5. The molecule has 5 aromatic rings. The number of anilines is 1. The summed E-state index contributed by atoms with van der Waals surface area (Å²) in [6.45, 7) is 0.392. The zero-order valence-electron chi connectivity index (χ0n) is 19.4. The fraction of sp³-hybridized carbons (Fsp3) is 0.120. The highest BCUT2D eigenvalue weighted by atomic mass is 79.9. The van der Waals surface area contributed by atoms with Crippen molar-refractivity contribution in [2.75, 3.05) is 5.32 Å². The highest BCUT2D eigenvalue weighted by Crippen LogP contribution is 2.44. The Bertz CT molecular complexity index is 1660. The Labute approximate surface area is 224 Å². The zero-order valence-corrected chi connectivity index (χ0v) is 21.0. The lowest BCUT2D eigenvalue weighted by atomic mass is 10.1. The quantitative estimate of drug-likeness (QED) is 0.225. The second-order valence-corrected chi connectivity index (χ2v) is 9.33. The molecule has 39 heavy (non-hydrogen) atoms. The Balaban J connectivity index is 1.47. The van der Waals surface area contributed by atoms with E-state index in [-0.39, 0.29) is 21.5 Å². The Morgan fingerprint density at radius 1 is 0.974 bits per heavy atom. The largest absolute Gasteiger partial charge is 0.459 e. The first-order valence-corrected chi connectivity index (χ1v) is 11.9. The third-order valence-electron chi connectivity index (χ3n) is 5.63. The summed E-state index contributed by atoms with van der Waals surface area (Å²) in [7, 11) is 0. The molecule has 2 aromatic carbocycles. The van der Waals surface area contributed by atoms with Gasteiger partial charge >= 0.3 is 12.1 Å². The lowest BCUT2D eigenvalue weighted by Crippen LogP contribution is -2.36. The molecule has 3 aromatic heterocycles. The number of benzene rings is 2. The Morgan fingerprint density at radius 2 is 1.67 bits per heavy atom. The number of amides is 1. The molecule has 7 nitrogen and oxygen atoms in total. The van der Waals surface area contributed by atoms with Crippen LogP contribution >= 0.6 is 15.9 Å². The van der Waals surface area contributed by atoms with E-state index < -0.39 is 40.9 Å². The average molecular weight is 609 g/mol. The molecule has 3 heterocycles. The van der Waals surface area contributed by atoms with E-state index in [1.165, 1.54) is 24.5 Å². The zero-order chi connectivity index (χ0) is 27.9. The third-order valence-corrected chi connectivity index (χ3v) is 6.16. The Hall–Kier alpha value is -4.20. The Kier molecular flexibility index (Phi) is 6.66. The Morgan fingerprint density at radius 3 is 2.33 bits per heavy atom. The van der Waals surface area contributed by atoms with Gasteiger partial charge in [0.25, 0.3) is 5.91 Å². The minimum absolute atomic E-state index is 0.0866. The van der Waals surface area contributed by atoms with E-state index in [9.17, 15) is 31.1 Å². The molecule has 0 radical (unpaired) electrons. The number of fused-ring (bicyclic) bond motifs is 1. The number of halogens is 7. The summed E-state index contributed by atoms with van der Waals surface area (Å²) in [6.07, 6.45) is -3.09. The van der Waals surface area contributed by atoms with Gasteiger partial charge in [0.15, 0.2) is 11.3 Å². The van der Waals surface area contributed by atoms with E-state index in [2.05, 4.69) is 36.4 Å². The van der Waals surface area contributed by atoms with Crippen molar-refractivity contribution in [2.45, 2.75) is 18.6 Å². The second-order valence-electron chi connectivity index (χ2n) is 8.41. The van der Waals surface area contributed by atoms with Gasteiger partial charge < -0.3 is 5.32 Å². The molecule has 0 saturated carbocycles. The van der Waals surface area contributed by atoms with Gasteiger partial charge in [0.05, 0.1) is 24.1 Å². The molecule has 0 aliphatic rings. The van der Waals surface area contributed by atoms with Gasteiger partial charge in [-0.15, -0.1) is 0 Å². The predicted octanol–water partition coefficient (Wildman–Crippen LogP) is 6.45. The molecule has 200 valence electrons. The van der Waals surface area contributed by atoms with Crippen molar-refractivity contribution in [3.05, 3.63) is 100 Å². The highest BCUT2D eigenvalue weighted by Gasteiger charge is 2.60. The molecule has 0 unspecified atom stereocenters. The normalized spacial score (nSPS) is 12.2. The van der Waals surface area contributed by atoms with E-state index >= 15 is 0 Å². The molecular weight excluding hydrogens is 594 g/mol. The van der Waals surface area contributed by atoms with Crippen molar-refractivity contribution >= 4 is 33.2 Å². The maximum absolute atomic E-state index is 14.5. The molecule has 0 aliphatic carbocycles. The van der Waals surface area contributed by atoms with Crippen LogP contribution in [0.25, 0.3) is 16.9 Å². The fourth-order valence-corrected chi connectivity index (χ4v) is 3.97. The van der Waals surface area contributed by atoms with E-state index in [4.69, 9.17) is 0 Å². The minimum Gasteiger partial charge on any atom is -0.318 e. The van der Waals surface area contributed by atoms with Gasteiger partial charge in [-0.3, -0.25) is 9.48 Å². The van der Waals surface area contributed by atoms with Crippen molar-refractivity contribution < 1.29 is 31.1 Å². The van der Waals surface area contributed by atoms with Crippen LogP contribution in [0.3, 0.4) is 0 Å². The summed E-state index contributed by atoms with van der Waals surface area (Å²) < 4.78 is 85.0. The van der Waals surface area contributed by atoms with E-state index in [0.717, 1.165) is 28.2 Å². The van der Waals surface area contributed by atoms with Gasteiger partial charge in [-0.05, 0) is 48.0 Å². The van der Waals surface area contributed by atoms with Crippen LogP contribution in [0.2, 0.25) is 0 Å². The number of rotatable bonds is 6. The van der Waals surface area contributed by atoms with Crippen LogP contribution in [0.1, 0.15) is 21.7 Å². The first-order chi connectivity index (χ1) is 18.4. The average Bonchev–Trinajstić information content (AvgIpc) is 3.51. The number of hydrogen-bond donors (Lipinski definition) is 1. The summed E-state index contributed by atoms with van der Waals surface area (Å²) in [5.74, 6) is -6.85. The summed E-state index contributed by atoms with van der Waals surface area (Å²) in [5.41, 5.74) is -1.48. The van der Waals surface area contributed by atoms with Gasteiger partial charge in [0.1, 0.15) is 11.5 Å². The van der Waals surface area contributed by atoms with Crippen molar-refractivity contribution in [1.29, 1.82) is 0 Å². The first kappa shape index (κ1) is 26.4. The van der Waals surface area contributed by atoms with Gasteiger partial charge in [-0.25, -0.2) is 13.9 Å². The number of carbonyl (C=O) groups is 1. The molecule has 1 amide bonds. The molecule has 0 atom stereocenters. The summed E-state index contributed by atoms with van der Waals surface area (Å²) >= 11 is 3.35. The molecule has 0 spiro atoms. The van der Waals surface area contributed by atoms with Gasteiger partial charge in [0.2, 0.25) is 0 Å². The van der Waals surface area contributed by atoms with Crippen molar-refractivity contribution in [3.63, 3.8) is 0 Å². The number of alkyl halides is 5. The van der Waals surface area contributed by atoms with Gasteiger partial charge in [0, 0.05) is 22.3 Å². The molecule has 14 heteroatoms. The summed E-state index contributed by atoms with van der Waals surface area (Å²) in [4.78, 5) is 16.9. The van der Waals surface area contributed by atoms with E-state index in [1.54, 1.807) is 4.68 Å². The smallest absolute Gasteiger partial charge is 0.318 e. The molecule has 0 aliphatic heterocycles. The lowest BCUT2D eigenvalue weighted by Gasteiger charge is -2.21. The second kappa shape index (κ2) is 9.84. The molecule has 0 fully saturated rings. The van der Waals surface area contributed by atoms with E-state index in [1.807, 2.05) is 24.3 Å². The van der Waals surface area contributed by atoms with Gasteiger partial charge in [-0.1, -0.05) is 28.1 Å². The molecule has 1 N–H and O–H groups in total. The van der Waals surface area contributed by atoms with Crippen LogP contribution in [-0.4, -0.2) is 36.5 Å². The van der Waals surface area contributed by atoms with Crippen LogP contribution in [0.15, 0.2) is 77.5 Å². The SMILES string of the molecule is O=C(Nc1cnn(Cc2ccc(Br)cc2)c1)c1cc2nc(-c3ccc(F)cc3)cc(C(F)(F)C(F)(F)F)n2n1. The summed E-state index contributed by atoms with van der Waals surface area (Å²) in [5, 5.41) is 10.3. The number of nitrogens with one attached hydrogen (secondary N) is 1. The predicted molar refractivity (Wildman–Crippen MR) is 132 cm³/mol. The molecule has 0 saturated heterocycles. The van der Waals surface area contributed by atoms with Crippen LogP contribution in [0.4, 0.5) is 32.0 Å². The molecular formula is C25H15BrF6N6O. The number of hydrogen-bond acceptors (Lipinski definition) is 4. The van der Waals surface area contributed by atoms with Crippen LogP contribution in [0.5, 0.6) is 0 Å². The topological polar surface area (TPSA) is 77.1 Å². The van der Waals surface area contributed by atoms with Crippen LogP contribution in [-0.2, 0) is 12.5 Å². The number of carbonyl (C=O) groups excluding carboxylic acids is 1. The number of nitrogens with zero attached hydrogens (tertiary/aromatic N) is 5. The number of aromatic nitrogens is 5. The molecule has 0 bridgehead atoms. The lowest BCUT2D eigenvalue weighted by molar-refractivity contribution is -0.291. The van der Waals surface area contributed by atoms with Crippen molar-refractivity contribution in [2.24, 2.45) is 0 Å². The highest BCUT2D eigenvalue weighted by molar-refractivity contribution is 9.10. The van der Waals surface area contributed by atoms with E-state index in [0.29, 0.717) is 12.6 Å². The monoisotopic (exact) mass is 608 g/mol. The third kappa shape index (κ3) is 5.37. The minimum atomic E-state index is -5.96. The standard InChI is InChI=1S/C25H15BrF6N6O/c26-16-5-1-14(2-6-16)12-37-13-18(11-33-37)34-23(39)20-10-22-35-19(15-3-7-17(27)8-4-15)9-21(38(22)36-20)24(28,29)25(30,31)32/h1-11,13H,12H2,(H,34,39). The van der Waals surface area contributed by atoms with Crippen molar-refractivity contribution in [1.82, 2.24) is 24.4 Å². The van der Waals surface area contributed by atoms with Crippen LogP contribution < -0.4 is 5.32 Å². The van der Waals surface area contributed by atoms with Gasteiger partial charge in [-0.2, -0.15) is 32.1 Å². The fourth-order valence-electron chi connectivity index (χ4n) is 3.71. The summed E-state index contributed by atoms with van der Waals surface area (Å²) in [6, 6.07) is 13.3. The van der Waals surface area contributed by atoms with Crippen molar-refractivity contribution in [3.8, 4) is 11.3 Å². The van der Waals surface area contributed by atoms with Crippen LogP contribution in [0, 0.1) is 5.82 Å². The first-order valence-electron chi connectivity index (χ1n) is 11.1.